The average molecular weight is 179 g/mol. The van der Waals surface area contributed by atoms with E-state index in [9.17, 15) is 4.79 Å². The number of nitrogens with one attached hydrogen (secondary N) is 1. The minimum absolute atomic E-state index is 0. The van der Waals surface area contributed by atoms with Gasteiger partial charge < -0.3 is 28.7 Å². The van der Waals surface area contributed by atoms with Crippen molar-refractivity contribution in [1.82, 2.24) is 5.32 Å². The zero-order valence-electron chi connectivity index (χ0n) is 9.14. The summed E-state index contributed by atoms with van der Waals surface area (Å²) in [5.41, 5.74) is -0.373. The van der Waals surface area contributed by atoms with E-state index in [2.05, 4.69) is 23.9 Å². The SMILES string of the molecule is CC(C)(C)O[C-]=O.[CH2-]CNC[CH2-].[Li+]. The van der Waals surface area contributed by atoms with Crippen molar-refractivity contribution in [3.8, 4) is 0 Å². The maximum absolute atomic E-state index is 9.47. The molecule has 0 amide bonds. The number of hydrogen-bond donors (Lipinski definition) is 1. The number of hydrogen-bond acceptors (Lipinski definition) is 3. The second-order valence-corrected chi connectivity index (χ2v) is 3.05. The molecular weight excluding hydrogens is 161 g/mol. The molecule has 0 fully saturated rings. The van der Waals surface area contributed by atoms with E-state index in [1.165, 1.54) is 6.47 Å². The van der Waals surface area contributed by atoms with E-state index in [1.807, 2.05) is 0 Å². The van der Waals surface area contributed by atoms with Crippen molar-refractivity contribution in [2.75, 3.05) is 13.1 Å². The maximum Gasteiger partial charge on any atom is 1.00 e. The first-order valence-corrected chi connectivity index (χ1v) is 3.82. The third-order valence-electron chi connectivity index (χ3n) is 0.701. The van der Waals surface area contributed by atoms with Gasteiger partial charge in [-0.2, -0.15) is 0 Å². The number of ether oxygens (including phenoxy) is 1. The van der Waals surface area contributed by atoms with Crippen molar-refractivity contribution in [2.24, 2.45) is 0 Å². The molecule has 0 saturated heterocycles. The topological polar surface area (TPSA) is 38.3 Å². The van der Waals surface area contributed by atoms with E-state index in [-0.39, 0.29) is 24.5 Å². The van der Waals surface area contributed by atoms with Gasteiger partial charge in [0.25, 0.3) is 0 Å². The monoisotopic (exact) mass is 179 g/mol. The van der Waals surface area contributed by atoms with Crippen molar-refractivity contribution in [3.63, 3.8) is 0 Å². The van der Waals surface area contributed by atoms with E-state index in [1.54, 1.807) is 20.8 Å². The smallest absolute Gasteiger partial charge is 0.649 e. The van der Waals surface area contributed by atoms with Crippen LogP contribution in [0.1, 0.15) is 20.8 Å². The Bertz CT molecular complexity index is 100. The van der Waals surface area contributed by atoms with Gasteiger partial charge in [0, 0.05) is 0 Å². The van der Waals surface area contributed by atoms with Gasteiger partial charge in [-0.1, -0.05) is 6.47 Å². The Kier molecular flexibility index (Phi) is 17.3. The summed E-state index contributed by atoms with van der Waals surface area (Å²) < 4.78 is 4.42. The Hall–Kier alpha value is 0.0274. The molecule has 0 aliphatic heterocycles. The molecule has 0 rings (SSSR count). The van der Waals surface area contributed by atoms with Crippen molar-refractivity contribution in [1.29, 1.82) is 0 Å². The third-order valence-corrected chi connectivity index (χ3v) is 0.701. The van der Waals surface area contributed by atoms with E-state index < -0.39 is 0 Å². The summed E-state index contributed by atoms with van der Waals surface area (Å²) >= 11 is 0. The second-order valence-electron chi connectivity index (χ2n) is 3.05. The second kappa shape index (κ2) is 12.0. The van der Waals surface area contributed by atoms with Crippen molar-refractivity contribution >= 4 is 6.47 Å². The van der Waals surface area contributed by atoms with Gasteiger partial charge in [0.05, 0.1) is 5.60 Å². The Labute approximate surface area is 93.8 Å². The van der Waals surface area contributed by atoms with Crippen LogP contribution in [0.25, 0.3) is 0 Å². The van der Waals surface area contributed by atoms with Crippen LogP contribution in [-0.2, 0) is 9.53 Å². The van der Waals surface area contributed by atoms with Crippen LogP contribution in [0.4, 0.5) is 0 Å². The molecule has 13 heavy (non-hydrogen) atoms. The van der Waals surface area contributed by atoms with Crippen molar-refractivity contribution in [2.45, 2.75) is 26.4 Å². The Morgan fingerprint density at radius 1 is 1.31 bits per heavy atom. The molecule has 0 heterocycles. The summed E-state index contributed by atoms with van der Waals surface area (Å²) in [4.78, 5) is 9.47. The number of rotatable bonds is 3. The molecular formula is C9H18LiNO2-2. The Morgan fingerprint density at radius 3 is 1.69 bits per heavy atom. The van der Waals surface area contributed by atoms with Crippen LogP contribution in [-0.4, -0.2) is 25.2 Å². The van der Waals surface area contributed by atoms with Crippen molar-refractivity contribution in [3.05, 3.63) is 13.8 Å². The van der Waals surface area contributed by atoms with Gasteiger partial charge in [-0.25, -0.2) is 0 Å². The first-order valence-electron chi connectivity index (χ1n) is 3.82. The molecule has 0 aliphatic carbocycles. The summed E-state index contributed by atoms with van der Waals surface area (Å²) in [7, 11) is 0. The molecule has 0 radical (unpaired) electrons. The molecule has 4 heteroatoms. The summed E-state index contributed by atoms with van der Waals surface area (Å²) in [6.45, 7) is 15.3. The molecule has 3 nitrogen and oxygen atoms in total. The molecule has 0 unspecified atom stereocenters. The normalized spacial score (nSPS) is 9.00. The van der Waals surface area contributed by atoms with Crippen LogP contribution >= 0.6 is 0 Å². The molecule has 0 aliphatic rings. The third kappa shape index (κ3) is 33.3. The van der Waals surface area contributed by atoms with E-state index in [0.717, 1.165) is 13.1 Å². The van der Waals surface area contributed by atoms with Gasteiger partial charge in [-0.05, 0) is 20.8 Å². The van der Waals surface area contributed by atoms with E-state index in [4.69, 9.17) is 0 Å². The van der Waals surface area contributed by atoms with Crippen LogP contribution in [0, 0.1) is 13.8 Å². The Balaban J connectivity index is -0.000000150. The van der Waals surface area contributed by atoms with Gasteiger partial charge in [0.2, 0.25) is 0 Å². The molecule has 0 aromatic heterocycles. The summed E-state index contributed by atoms with van der Waals surface area (Å²) in [5, 5.41) is 2.89. The summed E-state index contributed by atoms with van der Waals surface area (Å²) in [6, 6.07) is 0. The van der Waals surface area contributed by atoms with E-state index >= 15 is 0 Å². The molecule has 0 spiro atoms. The van der Waals surface area contributed by atoms with Crippen LogP contribution in [0.3, 0.4) is 0 Å². The van der Waals surface area contributed by atoms with Gasteiger partial charge in [-0.15, -0.1) is 13.1 Å². The quantitative estimate of drug-likeness (QED) is 0.407. The first kappa shape index (κ1) is 18.7. The molecule has 0 saturated carbocycles. The fraction of sp³-hybridized carbons (Fsp3) is 0.667. The predicted molar refractivity (Wildman–Crippen MR) is 50.1 cm³/mol. The van der Waals surface area contributed by atoms with Crippen molar-refractivity contribution < 1.29 is 28.4 Å². The van der Waals surface area contributed by atoms with Gasteiger partial charge in [0.15, 0.2) is 0 Å². The predicted octanol–water partition coefficient (Wildman–Crippen LogP) is -1.88. The largest absolute Gasteiger partial charge is 1.00 e. The maximum atomic E-state index is 9.47. The summed E-state index contributed by atoms with van der Waals surface area (Å²) in [6.07, 6.45) is 0. The minimum atomic E-state index is -0.373. The minimum Gasteiger partial charge on any atom is -0.649 e. The fourth-order valence-corrected chi connectivity index (χ4v) is 0.250. The summed E-state index contributed by atoms with van der Waals surface area (Å²) in [5.74, 6) is 0. The molecule has 0 aromatic rings. The van der Waals surface area contributed by atoms with Gasteiger partial charge in [0.1, 0.15) is 0 Å². The molecule has 1 N–H and O–H groups in total. The van der Waals surface area contributed by atoms with Crippen LogP contribution in [0.2, 0.25) is 0 Å². The number of carbonyl (C=O) groups excluding carboxylic acids is 1. The van der Waals surface area contributed by atoms with Crippen LogP contribution in [0.5, 0.6) is 0 Å². The molecule has 0 aromatic carbocycles. The molecule has 74 valence electrons. The van der Waals surface area contributed by atoms with Gasteiger partial charge in [-0.3, -0.25) is 0 Å². The van der Waals surface area contributed by atoms with Gasteiger partial charge >= 0.3 is 18.9 Å². The zero-order chi connectivity index (χ0) is 10.0. The zero-order valence-corrected chi connectivity index (χ0v) is 9.14. The average Bonchev–Trinajstić information content (AvgIpc) is 1.87. The molecule has 0 atom stereocenters. The van der Waals surface area contributed by atoms with Crippen LogP contribution in [0.15, 0.2) is 0 Å². The van der Waals surface area contributed by atoms with E-state index in [0.29, 0.717) is 0 Å². The Morgan fingerprint density at radius 2 is 1.69 bits per heavy atom. The first-order chi connectivity index (χ1) is 5.47. The fourth-order valence-electron chi connectivity index (χ4n) is 0.250. The molecule has 0 bridgehead atoms. The van der Waals surface area contributed by atoms with Crippen LogP contribution < -0.4 is 24.2 Å². The standard InChI is InChI=1S/C5H9O2.C4H9N.Li/c1-5(2,3)7-4-6;1-3-5-4-2;/h1-3H3;5H,1-4H2;/q-1;-2;+1.